The highest BCUT2D eigenvalue weighted by Crippen LogP contribution is 2.28. The van der Waals surface area contributed by atoms with Gasteiger partial charge in [0.15, 0.2) is 0 Å². The minimum absolute atomic E-state index is 0.00347. The van der Waals surface area contributed by atoms with Crippen molar-refractivity contribution in [3.05, 3.63) is 0 Å². The van der Waals surface area contributed by atoms with Crippen molar-refractivity contribution < 1.29 is 5.11 Å². The largest absolute Gasteiger partial charge is 0.393 e. The standard InChI is InChI=1S/C7H13NO/c9-7-2-1-6-3-5(7)4-8-6/h5-9H,1-4H2/t5-,6+,7-/m1/s1. The molecule has 1 heterocycles. The molecule has 0 unspecified atom stereocenters. The molecule has 9 heavy (non-hydrogen) atoms. The van der Waals surface area contributed by atoms with Crippen LogP contribution in [-0.2, 0) is 0 Å². The van der Waals surface area contributed by atoms with E-state index >= 15 is 0 Å². The first-order chi connectivity index (χ1) is 4.36. The van der Waals surface area contributed by atoms with Crippen LogP contribution in [0.25, 0.3) is 0 Å². The average molecular weight is 127 g/mol. The molecular formula is C7H13NO. The Morgan fingerprint density at radius 1 is 1.33 bits per heavy atom. The summed E-state index contributed by atoms with van der Waals surface area (Å²) in [5, 5.41) is 12.7. The Balaban J connectivity index is 2.05. The first kappa shape index (κ1) is 5.69. The van der Waals surface area contributed by atoms with Crippen molar-refractivity contribution in [2.75, 3.05) is 6.54 Å². The van der Waals surface area contributed by atoms with E-state index in [2.05, 4.69) is 5.32 Å². The normalized spacial score (nSPS) is 49.7. The molecule has 0 amide bonds. The third-order valence-corrected chi connectivity index (χ3v) is 2.61. The monoisotopic (exact) mass is 127 g/mol. The van der Waals surface area contributed by atoms with Gasteiger partial charge in [-0.25, -0.2) is 0 Å². The summed E-state index contributed by atoms with van der Waals surface area (Å²) < 4.78 is 0. The number of fused-ring (bicyclic) bond motifs is 2. The van der Waals surface area contributed by atoms with Crippen LogP contribution >= 0.6 is 0 Å². The van der Waals surface area contributed by atoms with Crippen LogP contribution in [0, 0.1) is 5.92 Å². The summed E-state index contributed by atoms with van der Waals surface area (Å²) in [6.07, 6.45) is 3.40. The van der Waals surface area contributed by atoms with Crippen molar-refractivity contribution in [2.24, 2.45) is 5.92 Å². The van der Waals surface area contributed by atoms with E-state index in [9.17, 15) is 5.11 Å². The number of hydrogen-bond donors (Lipinski definition) is 2. The van der Waals surface area contributed by atoms with Crippen molar-refractivity contribution in [3.63, 3.8) is 0 Å². The lowest BCUT2D eigenvalue weighted by molar-refractivity contribution is 0.0896. The lowest BCUT2D eigenvalue weighted by Gasteiger charge is -2.22. The maximum absolute atomic E-state index is 9.36. The molecule has 2 N–H and O–H groups in total. The molecule has 2 heteroatoms. The first-order valence-corrected chi connectivity index (χ1v) is 3.78. The average Bonchev–Trinajstić information content (AvgIpc) is 2.25. The number of aliphatic hydroxyl groups is 1. The summed E-state index contributed by atoms with van der Waals surface area (Å²) in [6.45, 7) is 1.05. The van der Waals surface area contributed by atoms with Crippen LogP contribution in [0.2, 0.25) is 0 Å². The van der Waals surface area contributed by atoms with Gasteiger partial charge in [-0.15, -0.1) is 0 Å². The molecule has 2 rings (SSSR count). The lowest BCUT2D eigenvalue weighted by Crippen LogP contribution is -2.26. The maximum Gasteiger partial charge on any atom is 0.0581 e. The van der Waals surface area contributed by atoms with E-state index in [1.807, 2.05) is 0 Å². The van der Waals surface area contributed by atoms with E-state index in [1.54, 1.807) is 0 Å². The number of rotatable bonds is 0. The molecule has 3 atom stereocenters. The van der Waals surface area contributed by atoms with Crippen LogP contribution in [0.1, 0.15) is 19.3 Å². The van der Waals surface area contributed by atoms with Crippen molar-refractivity contribution in [1.82, 2.24) is 5.32 Å². The highest BCUT2D eigenvalue weighted by atomic mass is 16.3. The Morgan fingerprint density at radius 2 is 2.22 bits per heavy atom. The maximum atomic E-state index is 9.36. The Kier molecular flexibility index (Phi) is 1.24. The zero-order chi connectivity index (χ0) is 6.27. The third-order valence-electron chi connectivity index (χ3n) is 2.61. The highest BCUT2D eigenvalue weighted by Gasteiger charge is 2.33. The van der Waals surface area contributed by atoms with Crippen LogP contribution in [0.4, 0.5) is 0 Å². The van der Waals surface area contributed by atoms with Gasteiger partial charge < -0.3 is 10.4 Å². The molecule has 1 aliphatic heterocycles. The van der Waals surface area contributed by atoms with Crippen molar-refractivity contribution in [2.45, 2.75) is 31.4 Å². The highest BCUT2D eigenvalue weighted by molar-refractivity contribution is 4.90. The molecule has 0 spiro atoms. The van der Waals surface area contributed by atoms with Crippen LogP contribution < -0.4 is 5.32 Å². The van der Waals surface area contributed by atoms with Crippen LogP contribution in [0.5, 0.6) is 0 Å². The van der Waals surface area contributed by atoms with E-state index in [4.69, 9.17) is 0 Å². The van der Waals surface area contributed by atoms with Gasteiger partial charge in [-0.1, -0.05) is 0 Å². The first-order valence-electron chi connectivity index (χ1n) is 3.78. The molecular weight excluding hydrogens is 114 g/mol. The molecule has 0 radical (unpaired) electrons. The second-order valence-corrected chi connectivity index (χ2v) is 3.25. The van der Waals surface area contributed by atoms with Gasteiger partial charge in [0.1, 0.15) is 0 Å². The topological polar surface area (TPSA) is 32.3 Å². The summed E-state index contributed by atoms with van der Waals surface area (Å²) >= 11 is 0. The van der Waals surface area contributed by atoms with Crippen molar-refractivity contribution in [3.8, 4) is 0 Å². The van der Waals surface area contributed by atoms with Crippen LogP contribution in [0.15, 0.2) is 0 Å². The summed E-state index contributed by atoms with van der Waals surface area (Å²) in [6, 6.07) is 0.735. The Bertz CT molecular complexity index is 115. The van der Waals surface area contributed by atoms with Gasteiger partial charge in [-0.3, -0.25) is 0 Å². The van der Waals surface area contributed by atoms with E-state index in [0.717, 1.165) is 19.0 Å². The third kappa shape index (κ3) is 0.864. The second kappa shape index (κ2) is 1.96. The van der Waals surface area contributed by atoms with Gasteiger partial charge in [0.2, 0.25) is 0 Å². The summed E-state index contributed by atoms with van der Waals surface area (Å²) in [5.41, 5.74) is 0. The SMILES string of the molecule is O[C@@H]1CC[C@H]2C[C@@H]1CN2. The molecule has 2 aliphatic rings. The van der Waals surface area contributed by atoms with E-state index in [1.165, 1.54) is 12.8 Å². The Morgan fingerprint density at radius 3 is 3.00 bits per heavy atom. The molecule has 2 nitrogen and oxygen atoms in total. The van der Waals surface area contributed by atoms with E-state index < -0.39 is 0 Å². The lowest BCUT2D eigenvalue weighted by atomic mass is 9.88. The number of aliphatic hydroxyl groups excluding tert-OH is 1. The minimum Gasteiger partial charge on any atom is -0.393 e. The fraction of sp³-hybridized carbons (Fsp3) is 1.00. The summed E-state index contributed by atoms with van der Waals surface area (Å²) in [7, 11) is 0. The number of hydrogen-bond acceptors (Lipinski definition) is 2. The van der Waals surface area contributed by atoms with Crippen LogP contribution in [-0.4, -0.2) is 23.8 Å². The van der Waals surface area contributed by atoms with Crippen molar-refractivity contribution >= 4 is 0 Å². The van der Waals surface area contributed by atoms with Gasteiger partial charge in [0.25, 0.3) is 0 Å². The fourth-order valence-electron chi connectivity index (χ4n) is 1.97. The Labute approximate surface area is 55.3 Å². The Hall–Kier alpha value is -0.0800. The quantitative estimate of drug-likeness (QED) is 0.484. The molecule has 52 valence electrons. The van der Waals surface area contributed by atoms with E-state index in [-0.39, 0.29) is 6.10 Å². The molecule has 2 bridgehead atoms. The predicted molar refractivity (Wildman–Crippen MR) is 35.1 cm³/mol. The van der Waals surface area contributed by atoms with Gasteiger partial charge in [-0.05, 0) is 25.2 Å². The van der Waals surface area contributed by atoms with Crippen molar-refractivity contribution in [1.29, 1.82) is 0 Å². The van der Waals surface area contributed by atoms with E-state index in [0.29, 0.717) is 5.92 Å². The van der Waals surface area contributed by atoms with Gasteiger partial charge in [0.05, 0.1) is 6.10 Å². The summed E-state index contributed by atoms with van der Waals surface area (Å²) in [5.74, 6) is 0.573. The zero-order valence-electron chi connectivity index (χ0n) is 5.51. The smallest absolute Gasteiger partial charge is 0.0581 e. The molecule has 1 saturated carbocycles. The van der Waals surface area contributed by atoms with Gasteiger partial charge in [-0.2, -0.15) is 0 Å². The molecule has 0 aromatic rings. The molecule has 1 saturated heterocycles. The summed E-state index contributed by atoms with van der Waals surface area (Å²) in [4.78, 5) is 0. The minimum atomic E-state index is -0.00347. The van der Waals surface area contributed by atoms with Crippen LogP contribution in [0.3, 0.4) is 0 Å². The molecule has 1 aliphatic carbocycles. The van der Waals surface area contributed by atoms with Gasteiger partial charge >= 0.3 is 0 Å². The fourth-order valence-corrected chi connectivity index (χ4v) is 1.97. The predicted octanol–water partition coefficient (Wildman–Crippen LogP) is 0.119. The van der Waals surface area contributed by atoms with Gasteiger partial charge in [0, 0.05) is 12.6 Å². The second-order valence-electron chi connectivity index (χ2n) is 3.25. The molecule has 2 fully saturated rings. The number of nitrogens with one attached hydrogen (secondary N) is 1. The molecule has 0 aromatic heterocycles. The zero-order valence-corrected chi connectivity index (χ0v) is 5.51. The molecule has 0 aromatic carbocycles.